The Balaban J connectivity index is 3.32. The number of hydrogen-bond acceptors (Lipinski definition) is 2. The number of nitrogens with zero attached hydrogens (tertiary/aromatic N) is 2. The van der Waals surface area contributed by atoms with Crippen LogP contribution in [-0.2, 0) is 0 Å². The fourth-order valence-corrected chi connectivity index (χ4v) is 1.45. The minimum absolute atomic E-state index is 0.237. The predicted octanol–water partition coefficient (Wildman–Crippen LogP) is 2.73. The maximum absolute atomic E-state index is 8.72. The van der Waals surface area contributed by atoms with E-state index in [0.717, 1.165) is 5.56 Å². The first-order valence-electron chi connectivity index (χ1n) is 3.71. The van der Waals surface area contributed by atoms with Crippen LogP contribution in [0.4, 0.5) is 0 Å². The van der Waals surface area contributed by atoms with Crippen molar-refractivity contribution in [3.05, 3.63) is 28.5 Å². The molecular formula is C9H9ClN2. The number of hydrogen-bond donors (Lipinski definition) is 0. The fourth-order valence-electron chi connectivity index (χ4n) is 1.09. The average Bonchev–Trinajstić information content (AvgIpc) is 2.03. The van der Waals surface area contributed by atoms with Crippen molar-refractivity contribution in [1.82, 2.24) is 4.98 Å². The van der Waals surface area contributed by atoms with Gasteiger partial charge in [-0.25, -0.2) is 4.98 Å². The van der Waals surface area contributed by atoms with E-state index in [9.17, 15) is 0 Å². The summed E-state index contributed by atoms with van der Waals surface area (Å²) >= 11 is 5.91. The van der Waals surface area contributed by atoms with Crippen LogP contribution in [-0.4, -0.2) is 4.98 Å². The largest absolute Gasteiger partial charge is 0.245 e. The van der Waals surface area contributed by atoms with Gasteiger partial charge in [-0.15, -0.1) is 0 Å². The van der Waals surface area contributed by atoms with Crippen molar-refractivity contribution >= 4 is 11.6 Å². The molecule has 0 saturated heterocycles. The lowest BCUT2D eigenvalue weighted by Gasteiger charge is -2.07. The predicted molar refractivity (Wildman–Crippen MR) is 48.1 cm³/mol. The summed E-state index contributed by atoms with van der Waals surface area (Å²) in [6, 6.07) is 3.73. The van der Waals surface area contributed by atoms with Gasteiger partial charge in [0, 0.05) is 16.8 Å². The molecule has 0 radical (unpaired) electrons. The van der Waals surface area contributed by atoms with Gasteiger partial charge in [0.25, 0.3) is 0 Å². The highest BCUT2D eigenvalue weighted by Crippen LogP contribution is 2.25. The molecule has 1 heterocycles. The molecule has 0 saturated carbocycles. The molecule has 1 aromatic rings. The summed E-state index contributed by atoms with van der Waals surface area (Å²) in [6.07, 6.45) is 1.55. The first kappa shape index (κ1) is 9.02. The van der Waals surface area contributed by atoms with Gasteiger partial charge in [-0.2, -0.15) is 5.26 Å². The lowest BCUT2D eigenvalue weighted by molar-refractivity contribution is 0.852. The van der Waals surface area contributed by atoms with Crippen molar-refractivity contribution in [2.45, 2.75) is 19.8 Å². The molecule has 0 amide bonds. The highest BCUT2D eigenvalue weighted by Gasteiger charge is 2.10. The summed E-state index contributed by atoms with van der Waals surface area (Å²) < 4.78 is 0. The topological polar surface area (TPSA) is 36.7 Å². The highest BCUT2D eigenvalue weighted by atomic mass is 35.5. The minimum atomic E-state index is 0.237. The summed E-state index contributed by atoms with van der Waals surface area (Å²) in [4.78, 5) is 3.93. The Morgan fingerprint density at radius 3 is 2.67 bits per heavy atom. The minimum Gasteiger partial charge on any atom is -0.245 e. The molecule has 0 aliphatic heterocycles. The van der Waals surface area contributed by atoms with Gasteiger partial charge in [-0.05, 0) is 12.0 Å². The number of aromatic nitrogens is 1. The van der Waals surface area contributed by atoms with Gasteiger partial charge in [0.1, 0.15) is 11.8 Å². The summed E-state index contributed by atoms with van der Waals surface area (Å²) in [5.74, 6) is 0.237. The van der Waals surface area contributed by atoms with Crippen LogP contribution >= 0.6 is 11.6 Å². The molecule has 1 rings (SSSR count). The van der Waals surface area contributed by atoms with E-state index in [-0.39, 0.29) is 5.92 Å². The van der Waals surface area contributed by atoms with Gasteiger partial charge >= 0.3 is 0 Å². The normalized spacial score (nSPS) is 9.92. The van der Waals surface area contributed by atoms with Crippen LogP contribution in [0.3, 0.4) is 0 Å². The molecule has 12 heavy (non-hydrogen) atoms. The number of halogens is 1. The van der Waals surface area contributed by atoms with Crippen LogP contribution in [0.5, 0.6) is 0 Å². The Morgan fingerprint density at radius 1 is 1.58 bits per heavy atom. The Kier molecular flexibility index (Phi) is 2.67. The maximum Gasteiger partial charge on any atom is 0.145 e. The van der Waals surface area contributed by atoms with Crippen LogP contribution in [0.1, 0.15) is 31.0 Å². The van der Waals surface area contributed by atoms with Gasteiger partial charge in [-0.1, -0.05) is 25.4 Å². The fraction of sp³-hybridized carbons (Fsp3) is 0.333. The van der Waals surface area contributed by atoms with Crippen molar-refractivity contribution < 1.29 is 0 Å². The molecule has 0 aliphatic carbocycles. The van der Waals surface area contributed by atoms with Crippen LogP contribution < -0.4 is 0 Å². The zero-order chi connectivity index (χ0) is 9.14. The second kappa shape index (κ2) is 3.55. The monoisotopic (exact) mass is 180 g/mol. The molecule has 2 nitrogen and oxygen atoms in total. The number of rotatable bonds is 1. The van der Waals surface area contributed by atoms with E-state index in [1.807, 2.05) is 19.9 Å². The Morgan fingerprint density at radius 2 is 2.25 bits per heavy atom. The zero-order valence-electron chi connectivity index (χ0n) is 7.00. The van der Waals surface area contributed by atoms with Gasteiger partial charge in [0.2, 0.25) is 0 Å². The van der Waals surface area contributed by atoms with E-state index in [1.54, 1.807) is 12.3 Å². The molecule has 3 heteroatoms. The zero-order valence-corrected chi connectivity index (χ0v) is 7.76. The number of nitriles is 1. The molecule has 62 valence electrons. The summed E-state index contributed by atoms with van der Waals surface area (Å²) in [5.41, 5.74) is 1.26. The Hall–Kier alpha value is -1.07. The molecule has 0 spiro atoms. The Bertz CT molecular complexity index is 326. The lowest BCUT2D eigenvalue weighted by atomic mass is 10.0. The van der Waals surface area contributed by atoms with Gasteiger partial charge in [-0.3, -0.25) is 0 Å². The van der Waals surface area contributed by atoms with Crippen LogP contribution in [0.15, 0.2) is 12.3 Å². The standard InChI is InChI=1S/C9H9ClN2/c1-6(2)9-7(10)3-4-12-8(9)5-11/h3-4,6H,1-2H3. The van der Waals surface area contributed by atoms with Crippen LogP contribution in [0, 0.1) is 11.3 Å². The summed E-state index contributed by atoms with van der Waals surface area (Å²) in [6.45, 7) is 3.98. The number of pyridine rings is 1. The van der Waals surface area contributed by atoms with E-state index in [0.29, 0.717) is 10.7 Å². The van der Waals surface area contributed by atoms with E-state index < -0.39 is 0 Å². The highest BCUT2D eigenvalue weighted by molar-refractivity contribution is 6.31. The van der Waals surface area contributed by atoms with E-state index in [4.69, 9.17) is 16.9 Å². The molecule has 1 aromatic heterocycles. The molecule has 0 fully saturated rings. The SMILES string of the molecule is CC(C)c1c(Cl)ccnc1C#N. The molecule has 0 unspecified atom stereocenters. The molecular weight excluding hydrogens is 172 g/mol. The van der Waals surface area contributed by atoms with Crippen molar-refractivity contribution in [1.29, 1.82) is 5.26 Å². The third kappa shape index (κ3) is 1.57. The van der Waals surface area contributed by atoms with Crippen molar-refractivity contribution in [3.8, 4) is 6.07 Å². The van der Waals surface area contributed by atoms with E-state index in [1.165, 1.54) is 0 Å². The first-order valence-corrected chi connectivity index (χ1v) is 4.09. The average molecular weight is 181 g/mol. The van der Waals surface area contributed by atoms with Crippen molar-refractivity contribution in [3.63, 3.8) is 0 Å². The van der Waals surface area contributed by atoms with Gasteiger partial charge < -0.3 is 0 Å². The molecule has 0 bridgehead atoms. The first-order chi connectivity index (χ1) is 5.66. The second-order valence-corrected chi connectivity index (χ2v) is 3.23. The molecule has 0 N–H and O–H groups in total. The van der Waals surface area contributed by atoms with Crippen molar-refractivity contribution in [2.24, 2.45) is 0 Å². The van der Waals surface area contributed by atoms with Crippen molar-refractivity contribution in [2.75, 3.05) is 0 Å². The third-order valence-electron chi connectivity index (χ3n) is 1.62. The lowest BCUT2D eigenvalue weighted by Crippen LogP contribution is -1.96. The molecule has 0 aromatic carbocycles. The smallest absolute Gasteiger partial charge is 0.145 e. The van der Waals surface area contributed by atoms with E-state index in [2.05, 4.69) is 4.98 Å². The van der Waals surface area contributed by atoms with Crippen LogP contribution in [0.2, 0.25) is 5.02 Å². The molecule has 0 aliphatic rings. The Labute approximate surface area is 76.8 Å². The quantitative estimate of drug-likeness (QED) is 0.667. The van der Waals surface area contributed by atoms with Crippen LogP contribution in [0.25, 0.3) is 0 Å². The van der Waals surface area contributed by atoms with Gasteiger partial charge in [0.05, 0.1) is 0 Å². The molecule has 0 atom stereocenters. The summed E-state index contributed by atoms with van der Waals surface area (Å²) in [7, 11) is 0. The summed E-state index contributed by atoms with van der Waals surface area (Å²) in [5, 5.41) is 9.34. The second-order valence-electron chi connectivity index (χ2n) is 2.82. The van der Waals surface area contributed by atoms with Gasteiger partial charge in [0.15, 0.2) is 0 Å². The third-order valence-corrected chi connectivity index (χ3v) is 1.95. The van der Waals surface area contributed by atoms with E-state index >= 15 is 0 Å². The maximum atomic E-state index is 8.72.